The quantitative estimate of drug-likeness (QED) is 0.783. The van der Waals surface area contributed by atoms with Gasteiger partial charge in [0.2, 0.25) is 5.78 Å². The van der Waals surface area contributed by atoms with E-state index in [-0.39, 0.29) is 5.76 Å². The molecule has 4 nitrogen and oxygen atoms in total. The predicted octanol–water partition coefficient (Wildman–Crippen LogP) is 1.97. The lowest BCUT2D eigenvalue weighted by Crippen LogP contribution is -2.13. The molecule has 0 aliphatic carbocycles. The van der Waals surface area contributed by atoms with Gasteiger partial charge >= 0.3 is 0 Å². The fourth-order valence-corrected chi connectivity index (χ4v) is 2.27. The summed E-state index contributed by atoms with van der Waals surface area (Å²) in [4.78, 5) is 11.7. The van der Waals surface area contributed by atoms with Crippen molar-refractivity contribution in [2.45, 2.75) is 6.92 Å². The third-order valence-corrected chi connectivity index (χ3v) is 3.20. The smallest absolute Gasteiger partial charge is 0.212 e. The van der Waals surface area contributed by atoms with E-state index in [4.69, 9.17) is 4.42 Å². The van der Waals surface area contributed by atoms with Crippen molar-refractivity contribution >= 4 is 26.6 Å². The minimum Gasteiger partial charge on any atom is -0.453 e. The number of para-hydroxylation sites is 1. The van der Waals surface area contributed by atoms with Crippen LogP contribution in [0.4, 0.5) is 0 Å². The van der Waals surface area contributed by atoms with E-state index in [2.05, 4.69) is 0 Å². The molecule has 2 aromatic rings. The van der Waals surface area contributed by atoms with E-state index in [0.29, 0.717) is 5.58 Å². The van der Waals surface area contributed by atoms with Gasteiger partial charge in [-0.2, -0.15) is 0 Å². The third kappa shape index (κ3) is 2.55. The van der Waals surface area contributed by atoms with Gasteiger partial charge in [0.05, 0.1) is 0 Å². The van der Waals surface area contributed by atoms with Crippen molar-refractivity contribution in [3.8, 4) is 0 Å². The minimum absolute atomic E-state index is 0.0970. The lowest BCUT2D eigenvalue weighted by atomic mass is 10.2. The van der Waals surface area contributed by atoms with Crippen LogP contribution in [0.25, 0.3) is 11.0 Å². The highest BCUT2D eigenvalue weighted by atomic mass is 32.2. The maximum atomic E-state index is 11.7. The second kappa shape index (κ2) is 4.00. The summed E-state index contributed by atoms with van der Waals surface area (Å²) in [5, 5.41) is 0.807. The van der Waals surface area contributed by atoms with E-state index in [1.807, 2.05) is 25.1 Å². The first kappa shape index (κ1) is 11.9. The summed E-state index contributed by atoms with van der Waals surface area (Å²) in [6, 6.07) is 7.13. The van der Waals surface area contributed by atoms with Gasteiger partial charge in [-0.3, -0.25) is 4.79 Å². The highest BCUT2D eigenvalue weighted by Crippen LogP contribution is 2.22. The van der Waals surface area contributed by atoms with Gasteiger partial charge in [-0.1, -0.05) is 18.2 Å². The number of fused-ring (bicyclic) bond motifs is 1. The van der Waals surface area contributed by atoms with Crippen LogP contribution in [0.1, 0.15) is 16.1 Å². The van der Waals surface area contributed by atoms with Crippen molar-refractivity contribution < 1.29 is 17.6 Å². The number of Topliss-reactive ketones (excluding diaryl/α,β-unsaturated/α-hetero) is 1. The first-order valence-corrected chi connectivity index (χ1v) is 7.13. The van der Waals surface area contributed by atoms with E-state index in [1.165, 1.54) is 0 Å². The number of aryl methyl sites for hydroxylation is 1. The molecule has 17 heavy (non-hydrogen) atoms. The van der Waals surface area contributed by atoms with Crippen LogP contribution in [0.15, 0.2) is 28.7 Å². The van der Waals surface area contributed by atoms with Crippen molar-refractivity contribution in [3.63, 3.8) is 0 Å². The zero-order chi connectivity index (χ0) is 12.6. The number of sulfone groups is 1. The number of hydrogen-bond donors (Lipinski definition) is 0. The average molecular weight is 252 g/mol. The Morgan fingerprint density at radius 1 is 1.35 bits per heavy atom. The number of ketones is 1. The summed E-state index contributed by atoms with van der Waals surface area (Å²) < 4.78 is 27.5. The molecule has 1 aromatic heterocycles. The molecule has 0 fully saturated rings. The topological polar surface area (TPSA) is 64.3 Å². The van der Waals surface area contributed by atoms with Crippen molar-refractivity contribution in [1.82, 2.24) is 0 Å². The summed E-state index contributed by atoms with van der Waals surface area (Å²) in [5.74, 6) is -0.936. The van der Waals surface area contributed by atoms with Crippen LogP contribution in [-0.4, -0.2) is 26.2 Å². The van der Waals surface area contributed by atoms with Crippen LogP contribution in [0, 0.1) is 6.92 Å². The molecule has 0 saturated heterocycles. The Bertz CT molecular complexity index is 680. The van der Waals surface area contributed by atoms with Gasteiger partial charge in [0.15, 0.2) is 15.6 Å². The Labute approximate surface area is 99.2 Å². The number of carbonyl (C=O) groups excluding carboxylic acids is 1. The molecule has 0 unspecified atom stereocenters. The van der Waals surface area contributed by atoms with Gasteiger partial charge in [0.25, 0.3) is 0 Å². The number of furan rings is 1. The van der Waals surface area contributed by atoms with Crippen LogP contribution in [-0.2, 0) is 9.84 Å². The number of hydrogen-bond acceptors (Lipinski definition) is 4. The maximum absolute atomic E-state index is 11.7. The number of rotatable bonds is 3. The molecule has 0 spiro atoms. The van der Waals surface area contributed by atoms with Crippen LogP contribution >= 0.6 is 0 Å². The second-order valence-electron chi connectivity index (χ2n) is 4.10. The van der Waals surface area contributed by atoms with Gasteiger partial charge < -0.3 is 4.42 Å². The Morgan fingerprint density at radius 3 is 2.65 bits per heavy atom. The molecule has 0 bridgehead atoms. The Kier molecular flexibility index (Phi) is 2.79. The standard InChI is InChI=1S/C12H12O4S/c1-8-4-3-5-9-6-11(16-12(8)9)10(13)7-17(2,14)15/h3-6H,7H2,1-2H3. The minimum atomic E-state index is -3.33. The van der Waals surface area contributed by atoms with Crippen molar-refractivity contribution in [3.05, 3.63) is 35.6 Å². The third-order valence-electron chi connectivity index (χ3n) is 2.41. The lowest BCUT2D eigenvalue weighted by Gasteiger charge is -1.94. The van der Waals surface area contributed by atoms with Crippen molar-refractivity contribution in [2.75, 3.05) is 12.0 Å². The molecule has 0 radical (unpaired) electrons. The number of carbonyl (C=O) groups is 1. The van der Waals surface area contributed by atoms with Crippen molar-refractivity contribution in [1.29, 1.82) is 0 Å². The van der Waals surface area contributed by atoms with Crippen molar-refractivity contribution in [2.24, 2.45) is 0 Å². The monoisotopic (exact) mass is 252 g/mol. The first-order valence-electron chi connectivity index (χ1n) is 5.07. The van der Waals surface area contributed by atoms with Crippen LogP contribution in [0.3, 0.4) is 0 Å². The first-order chi connectivity index (χ1) is 7.87. The molecular weight excluding hydrogens is 240 g/mol. The predicted molar refractivity (Wildman–Crippen MR) is 65.0 cm³/mol. The summed E-state index contributed by atoms with van der Waals surface area (Å²) >= 11 is 0. The van der Waals surface area contributed by atoms with Crippen LogP contribution in [0.5, 0.6) is 0 Å². The van der Waals surface area contributed by atoms with Crippen LogP contribution in [0.2, 0.25) is 0 Å². The summed E-state index contributed by atoms with van der Waals surface area (Å²) in [6.45, 7) is 1.87. The molecule has 0 atom stereocenters. The molecule has 90 valence electrons. The lowest BCUT2D eigenvalue weighted by molar-refractivity contribution is 0.0992. The zero-order valence-electron chi connectivity index (χ0n) is 9.56. The molecule has 5 heteroatoms. The average Bonchev–Trinajstić information content (AvgIpc) is 2.60. The maximum Gasteiger partial charge on any atom is 0.212 e. The Balaban J connectivity index is 2.44. The zero-order valence-corrected chi connectivity index (χ0v) is 10.4. The molecule has 0 aliphatic heterocycles. The molecule has 1 aromatic carbocycles. The highest BCUT2D eigenvalue weighted by Gasteiger charge is 2.17. The van der Waals surface area contributed by atoms with E-state index in [9.17, 15) is 13.2 Å². The van der Waals surface area contributed by atoms with Gasteiger partial charge in [-0.05, 0) is 18.6 Å². The van der Waals surface area contributed by atoms with Gasteiger partial charge in [-0.15, -0.1) is 0 Å². The van der Waals surface area contributed by atoms with E-state index in [1.54, 1.807) is 6.07 Å². The molecule has 1 heterocycles. The summed E-state index contributed by atoms with van der Waals surface area (Å²) in [6.07, 6.45) is 1.03. The fraction of sp³-hybridized carbons (Fsp3) is 0.250. The highest BCUT2D eigenvalue weighted by molar-refractivity contribution is 7.91. The largest absolute Gasteiger partial charge is 0.453 e. The Morgan fingerprint density at radius 2 is 2.06 bits per heavy atom. The van der Waals surface area contributed by atoms with Gasteiger partial charge in [0, 0.05) is 11.6 Å². The fourth-order valence-electron chi connectivity index (χ4n) is 1.66. The SMILES string of the molecule is Cc1cccc2cc(C(=O)CS(C)(=O)=O)oc12. The van der Waals surface area contributed by atoms with E-state index < -0.39 is 21.4 Å². The summed E-state index contributed by atoms with van der Waals surface area (Å²) in [7, 11) is -3.33. The normalized spacial score (nSPS) is 11.9. The molecule has 0 N–H and O–H groups in total. The van der Waals surface area contributed by atoms with E-state index in [0.717, 1.165) is 17.2 Å². The molecule has 0 saturated carbocycles. The van der Waals surface area contributed by atoms with Crippen LogP contribution < -0.4 is 0 Å². The molecule has 0 amide bonds. The molecule has 0 aliphatic rings. The Hall–Kier alpha value is -1.62. The second-order valence-corrected chi connectivity index (χ2v) is 6.24. The van der Waals surface area contributed by atoms with Gasteiger partial charge in [-0.25, -0.2) is 8.42 Å². The summed E-state index contributed by atoms with van der Waals surface area (Å²) in [5.41, 5.74) is 1.55. The molecular formula is C12H12O4S. The number of benzene rings is 1. The molecule has 2 rings (SSSR count). The van der Waals surface area contributed by atoms with E-state index >= 15 is 0 Å². The van der Waals surface area contributed by atoms with Gasteiger partial charge in [0.1, 0.15) is 11.3 Å².